The van der Waals surface area contributed by atoms with Crippen LogP contribution in [0.1, 0.15) is 90.9 Å². The molecule has 0 N–H and O–H groups in total. The lowest BCUT2D eigenvalue weighted by molar-refractivity contribution is -0.171. The number of hydrogen-bond donors (Lipinski definition) is 0. The normalized spacial score (nSPS) is 26.3. The van der Waals surface area contributed by atoms with Crippen molar-refractivity contribution in [2.75, 3.05) is 0 Å². The van der Waals surface area contributed by atoms with Gasteiger partial charge in [-0.15, -0.1) is 0 Å². The molecule has 2 rings (SSSR count). The zero-order valence-corrected chi connectivity index (χ0v) is 15.9. The van der Waals surface area contributed by atoms with E-state index in [0.29, 0.717) is 0 Å². The van der Waals surface area contributed by atoms with E-state index in [9.17, 15) is 9.59 Å². The lowest BCUT2D eigenvalue weighted by atomic mass is 9.80. The van der Waals surface area contributed by atoms with Crippen molar-refractivity contribution in [3.8, 4) is 0 Å². The highest BCUT2D eigenvalue weighted by Gasteiger charge is 2.38. The van der Waals surface area contributed by atoms with Crippen LogP contribution in [0.4, 0.5) is 0 Å². The number of carbonyl (C=O) groups excluding carboxylic acids is 2. The Morgan fingerprint density at radius 2 is 1.76 bits per heavy atom. The topological polar surface area (TPSA) is 52.6 Å². The van der Waals surface area contributed by atoms with Crippen LogP contribution in [0.25, 0.3) is 0 Å². The van der Waals surface area contributed by atoms with Gasteiger partial charge < -0.3 is 9.47 Å². The Hall–Kier alpha value is -1.32. The molecular weight excluding hydrogens is 316 g/mol. The molecule has 0 spiro atoms. The average Bonchev–Trinajstić information content (AvgIpc) is 2.61. The minimum absolute atomic E-state index is 0.0174. The van der Waals surface area contributed by atoms with Gasteiger partial charge in [-0.25, -0.2) is 4.79 Å². The fraction of sp³-hybridized carbons (Fsp3) is 0.810. The third-order valence-corrected chi connectivity index (χ3v) is 5.66. The van der Waals surface area contributed by atoms with Crippen LogP contribution in [-0.2, 0) is 19.1 Å². The van der Waals surface area contributed by atoms with E-state index in [4.69, 9.17) is 9.47 Å². The van der Waals surface area contributed by atoms with Gasteiger partial charge in [0.25, 0.3) is 0 Å². The van der Waals surface area contributed by atoms with Crippen molar-refractivity contribution in [1.82, 2.24) is 0 Å². The summed E-state index contributed by atoms with van der Waals surface area (Å²) in [6, 6.07) is 0. The largest absolute Gasteiger partial charge is 0.459 e. The van der Waals surface area contributed by atoms with E-state index in [2.05, 4.69) is 6.92 Å². The van der Waals surface area contributed by atoms with Gasteiger partial charge in [-0.1, -0.05) is 25.8 Å². The maximum Gasteiger partial charge on any atom is 0.330 e. The molecule has 0 atom stereocenters. The molecule has 2 aliphatic carbocycles. The first-order chi connectivity index (χ1) is 12.1. The second kappa shape index (κ2) is 9.98. The minimum Gasteiger partial charge on any atom is -0.459 e. The summed E-state index contributed by atoms with van der Waals surface area (Å²) < 4.78 is 11.5. The first kappa shape index (κ1) is 20.0. The average molecular weight is 350 g/mol. The fourth-order valence-corrected chi connectivity index (χ4v) is 4.15. The second-order valence-electron chi connectivity index (χ2n) is 7.68. The number of carbonyl (C=O) groups is 2. The van der Waals surface area contributed by atoms with Gasteiger partial charge in [0.15, 0.2) is 0 Å². The van der Waals surface area contributed by atoms with E-state index in [0.717, 1.165) is 57.8 Å². The molecule has 2 fully saturated rings. The van der Waals surface area contributed by atoms with Crippen molar-refractivity contribution in [3.05, 3.63) is 12.2 Å². The van der Waals surface area contributed by atoms with Crippen molar-refractivity contribution in [3.63, 3.8) is 0 Å². The van der Waals surface area contributed by atoms with E-state index in [1.165, 1.54) is 25.3 Å². The van der Waals surface area contributed by atoms with Crippen LogP contribution in [0, 0.1) is 5.92 Å². The van der Waals surface area contributed by atoms with Crippen LogP contribution < -0.4 is 0 Å². The third kappa shape index (κ3) is 6.16. The Labute approximate surface area is 152 Å². The zero-order chi connectivity index (χ0) is 18.1. The summed E-state index contributed by atoms with van der Waals surface area (Å²) in [7, 11) is 0. The molecular formula is C21H34O4. The van der Waals surface area contributed by atoms with Gasteiger partial charge >= 0.3 is 11.9 Å². The van der Waals surface area contributed by atoms with E-state index >= 15 is 0 Å². The van der Waals surface area contributed by atoms with Crippen LogP contribution in [-0.4, -0.2) is 23.6 Å². The molecule has 4 heteroatoms. The molecule has 0 radical (unpaired) electrons. The lowest BCUT2D eigenvalue weighted by Crippen LogP contribution is -2.40. The summed E-state index contributed by atoms with van der Waals surface area (Å²) in [5.41, 5.74) is -0.208. The molecule has 0 aromatic carbocycles. The number of unbranched alkanes of at least 4 members (excludes halogenated alkanes) is 1. The molecule has 0 aliphatic heterocycles. The van der Waals surface area contributed by atoms with Gasteiger partial charge in [0.1, 0.15) is 11.7 Å². The van der Waals surface area contributed by atoms with Crippen molar-refractivity contribution >= 4 is 11.9 Å². The number of hydrogen-bond acceptors (Lipinski definition) is 4. The highest BCUT2D eigenvalue weighted by atomic mass is 16.6. The molecule has 0 amide bonds. The minimum atomic E-state index is -0.283. The van der Waals surface area contributed by atoms with Crippen molar-refractivity contribution in [2.45, 2.75) is 103 Å². The lowest BCUT2D eigenvalue weighted by Gasteiger charge is -2.38. The zero-order valence-electron chi connectivity index (χ0n) is 15.9. The monoisotopic (exact) mass is 350 g/mol. The molecule has 0 bridgehead atoms. The SMILES string of the molecule is C/C=C/C(=O)OC1CCC(C(=O)OC2(CCCC)CCCCC2)CC1. The van der Waals surface area contributed by atoms with E-state index in [1.54, 1.807) is 13.0 Å². The summed E-state index contributed by atoms with van der Waals surface area (Å²) >= 11 is 0. The highest BCUT2D eigenvalue weighted by molar-refractivity contribution is 5.82. The van der Waals surface area contributed by atoms with Crippen LogP contribution in [0.5, 0.6) is 0 Å². The Balaban J connectivity index is 1.83. The molecule has 0 saturated heterocycles. The maximum atomic E-state index is 12.7. The van der Waals surface area contributed by atoms with Gasteiger partial charge in [-0.3, -0.25) is 4.79 Å². The summed E-state index contributed by atoms with van der Waals surface area (Å²) in [4.78, 5) is 24.3. The number of rotatable bonds is 7. The van der Waals surface area contributed by atoms with E-state index < -0.39 is 0 Å². The molecule has 0 unspecified atom stereocenters. The van der Waals surface area contributed by atoms with Crippen molar-refractivity contribution < 1.29 is 19.1 Å². The summed E-state index contributed by atoms with van der Waals surface area (Å²) in [5, 5.41) is 0. The molecule has 2 saturated carbocycles. The van der Waals surface area contributed by atoms with Crippen LogP contribution >= 0.6 is 0 Å². The molecule has 25 heavy (non-hydrogen) atoms. The smallest absolute Gasteiger partial charge is 0.330 e. The Bertz CT molecular complexity index is 455. The molecule has 4 nitrogen and oxygen atoms in total. The van der Waals surface area contributed by atoms with E-state index in [-0.39, 0.29) is 29.6 Å². The molecule has 0 aromatic rings. The summed E-state index contributed by atoms with van der Waals surface area (Å²) in [5.74, 6) is -0.331. The third-order valence-electron chi connectivity index (χ3n) is 5.66. The maximum absolute atomic E-state index is 12.7. The second-order valence-corrected chi connectivity index (χ2v) is 7.68. The number of allylic oxidation sites excluding steroid dienone is 1. The van der Waals surface area contributed by atoms with Crippen LogP contribution in [0.3, 0.4) is 0 Å². The summed E-state index contributed by atoms with van der Waals surface area (Å²) in [6.07, 6.45) is 15.0. The van der Waals surface area contributed by atoms with Crippen molar-refractivity contribution in [2.24, 2.45) is 5.92 Å². The van der Waals surface area contributed by atoms with Crippen LogP contribution in [0.15, 0.2) is 12.2 Å². The van der Waals surface area contributed by atoms with Crippen molar-refractivity contribution in [1.29, 1.82) is 0 Å². The van der Waals surface area contributed by atoms with Gasteiger partial charge in [0.05, 0.1) is 5.92 Å². The Kier molecular flexibility index (Phi) is 7.98. The van der Waals surface area contributed by atoms with Crippen LogP contribution in [0.2, 0.25) is 0 Å². The first-order valence-corrected chi connectivity index (χ1v) is 10.1. The molecule has 0 aromatic heterocycles. The Morgan fingerprint density at radius 1 is 1.08 bits per heavy atom. The molecule has 142 valence electrons. The first-order valence-electron chi connectivity index (χ1n) is 10.1. The fourth-order valence-electron chi connectivity index (χ4n) is 4.15. The Morgan fingerprint density at radius 3 is 2.36 bits per heavy atom. The van der Waals surface area contributed by atoms with E-state index in [1.807, 2.05) is 0 Å². The van der Waals surface area contributed by atoms with Gasteiger partial charge in [0, 0.05) is 6.08 Å². The predicted octanol–water partition coefficient (Wildman–Crippen LogP) is 5.10. The number of ether oxygens (including phenoxy) is 2. The molecule has 0 heterocycles. The summed E-state index contributed by atoms with van der Waals surface area (Å²) in [6.45, 7) is 3.99. The quantitative estimate of drug-likeness (QED) is 0.473. The standard InChI is InChI=1S/C21H34O4/c1-3-5-14-21(15-7-6-8-16-21)25-20(23)17-10-12-18(13-11-17)24-19(22)9-4-2/h4,9,17-18H,3,5-8,10-16H2,1-2H3/b9-4+. The van der Waals surface area contributed by atoms with Gasteiger partial charge in [-0.05, 0) is 71.1 Å². The number of esters is 2. The van der Waals surface area contributed by atoms with Gasteiger partial charge in [-0.2, -0.15) is 0 Å². The molecule has 2 aliphatic rings. The highest BCUT2D eigenvalue weighted by Crippen LogP contribution is 2.38. The van der Waals surface area contributed by atoms with Gasteiger partial charge in [0.2, 0.25) is 0 Å². The predicted molar refractivity (Wildman–Crippen MR) is 98.1 cm³/mol.